The van der Waals surface area contributed by atoms with Crippen LogP contribution in [-0.2, 0) is 0 Å². The normalized spacial score (nSPS) is 10.3. The molecule has 3 nitrogen and oxygen atoms in total. The molecule has 1 heterocycles. The maximum Gasteiger partial charge on any atom is 0.257 e. The van der Waals surface area contributed by atoms with Gasteiger partial charge in [-0.3, -0.25) is 4.79 Å². The van der Waals surface area contributed by atoms with Crippen LogP contribution in [0.5, 0.6) is 0 Å². The van der Waals surface area contributed by atoms with Crippen molar-refractivity contribution in [3.05, 3.63) is 57.2 Å². The van der Waals surface area contributed by atoms with E-state index in [1.165, 1.54) is 0 Å². The number of carbonyl (C=O) groups excluding carboxylic acids is 1. The van der Waals surface area contributed by atoms with Gasteiger partial charge in [0.15, 0.2) is 0 Å². The number of hydrogen-bond acceptors (Lipinski definition) is 2. The van der Waals surface area contributed by atoms with E-state index in [1.54, 1.807) is 6.20 Å². The fourth-order valence-corrected chi connectivity index (χ4v) is 2.18. The summed E-state index contributed by atoms with van der Waals surface area (Å²) in [6.07, 6.45) is 1.69. The van der Waals surface area contributed by atoms with Crippen LogP contribution >= 0.6 is 15.9 Å². The number of aromatic nitrogens is 1. The lowest BCUT2D eigenvalue weighted by Gasteiger charge is -2.10. The van der Waals surface area contributed by atoms with Crippen molar-refractivity contribution in [3.63, 3.8) is 0 Å². The van der Waals surface area contributed by atoms with E-state index in [9.17, 15) is 4.79 Å². The van der Waals surface area contributed by atoms with Crippen LogP contribution in [0.3, 0.4) is 0 Å². The molecule has 0 saturated heterocycles. The fourth-order valence-electron chi connectivity index (χ4n) is 1.96. The number of aryl methyl sites for hydroxylation is 3. The molecule has 0 saturated carbocycles. The van der Waals surface area contributed by atoms with Gasteiger partial charge in [0.25, 0.3) is 5.91 Å². The summed E-state index contributed by atoms with van der Waals surface area (Å²) < 4.78 is 0.928. The summed E-state index contributed by atoms with van der Waals surface area (Å²) in [7, 11) is 0. The molecule has 1 aromatic carbocycles. The molecule has 0 bridgehead atoms. The summed E-state index contributed by atoms with van der Waals surface area (Å²) in [6.45, 7) is 5.82. The molecule has 0 aliphatic carbocycles. The largest absolute Gasteiger partial charge is 0.307 e. The van der Waals surface area contributed by atoms with Crippen molar-refractivity contribution in [2.45, 2.75) is 20.8 Å². The Morgan fingerprint density at radius 1 is 1.16 bits per heavy atom. The van der Waals surface area contributed by atoms with Crippen LogP contribution in [0.15, 0.2) is 34.9 Å². The lowest BCUT2D eigenvalue weighted by Crippen LogP contribution is -2.15. The molecule has 19 heavy (non-hydrogen) atoms. The van der Waals surface area contributed by atoms with Gasteiger partial charge in [-0.05, 0) is 59.5 Å². The summed E-state index contributed by atoms with van der Waals surface area (Å²) >= 11 is 3.39. The monoisotopic (exact) mass is 318 g/mol. The first-order valence-electron chi connectivity index (χ1n) is 5.98. The van der Waals surface area contributed by atoms with Crippen molar-refractivity contribution in [2.24, 2.45) is 0 Å². The van der Waals surface area contributed by atoms with Crippen LogP contribution in [0.25, 0.3) is 0 Å². The Bertz CT molecular complexity index is 618. The minimum Gasteiger partial charge on any atom is -0.307 e. The van der Waals surface area contributed by atoms with Gasteiger partial charge in [-0.2, -0.15) is 0 Å². The van der Waals surface area contributed by atoms with Gasteiger partial charge >= 0.3 is 0 Å². The average Bonchev–Trinajstić information content (AvgIpc) is 2.33. The fraction of sp³-hybridized carbons (Fsp3) is 0.200. The number of halogens is 1. The molecule has 0 unspecified atom stereocenters. The van der Waals surface area contributed by atoms with E-state index in [0.29, 0.717) is 11.4 Å². The van der Waals surface area contributed by atoms with Gasteiger partial charge in [0.1, 0.15) is 5.82 Å². The van der Waals surface area contributed by atoms with Crippen LogP contribution in [0, 0.1) is 20.8 Å². The van der Waals surface area contributed by atoms with Crippen LogP contribution < -0.4 is 5.32 Å². The first-order chi connectivity index (χ1) is 8.99. The van der Waals surface area contributed by atoms with Crippen LogP contribution in [-0.4, -0.2) is 10.9 Å². The molecule has 0 spiro atoms. The molecule has 98 valence electrons. The van der Waals surface area contributed by atoms with Gasteiger partial charge in [-0.15, -0.1) is 0 Å². The van der Waals surface area contributed by atoms with E-state index in [-0.39, 0.29) is 5.91 Å². The number of amides is 1. The Morgan fingerprint density at radius 2 is 1.79 bits per heavy atom. The van der Waals surface area contributed by atoms with Crippen molar-refractivity contribution in [1.29, 1.82) is 0 Å². The van der Waals surface area contributed by atoms with Gasteiger partial charge < -0.3 is 5.32 Å². The minimum absolute atomic E-state index is 0.121. The molecule has 1 amide bonds. The van der Waals surface area contributed by atoms with Crippen LogP contribution in [0.4, 0.5) is 5.82 Å². The molecular formula is C15H15BrN2O. The Balaban J connectivity index is 2.28. The lowest BCUT2D eigenvalue weighted by atomic mass is 10.0. The number of anilines is 1. The quantitative estimate of drug-likeness (QED) is 0.908. The predicted octanol–water partition coefficient (Wildman–Crippen LogP) is 4.02. The first-order valence-corrected chi connectivity index (χ1v) is 6.78. The Hall–Kier alpha value is -1.68. The van der Waals surface area contributed by atoms with E-state index in [2.05, 4.69) is 26.2 Å². The third-order valence-electron chi connectivity index (χ3n) is 3.00. The summed E-state index contributed by atoms with van der Waals surface area (Å²) in [5.41, 5.74) is 3.68. The molecule has 0 atom stereocenters. The molecular weight excluding hydrogens is 304 g/mol. The zero-order valence-corrected chi connectivity index (χ0v) is 12.7. The highest BCUT2D eigenvalue weighted by atomic mass is 79.9. The van der Waals surface area contributed by atoms with Crippen LogP contribution in [0.2, 0.25) is 0 Å². The summed E-state index contributed by atoms with van der Waals surface area (Å²) in [4.78, 5) is 16.5. The average molecular weight is 319 g/mol. The molecule has 2 rings (SSSR count). The van der Waals surface area contributed by atoms with Crippen LogP contribution in [0.1, 0.15) is 27.0 Å². The van der Waals surface area contributed by atoms with Gasteiger partial charge in [0.2, 0.25) is 0 Å². The second-order valence-electron chi connectivity index (χ2n) is 4.54. The van der Waals surface area contributed by atoms with Gasteiger partial charge in [0, 0.05) is 16.2 Å². The summed E-state index contributed by atoms with van der Waals surface area (Å²) in [5, 5.41) is 2.84. The topological polar surface area (TPSA) is 42.0 Å². The number of rotatable bonds is 2. The molecule has 2 aromatic rings. The smallest absolute Gasteiger partial charge is 0.257 e. The highest BCUT2D eigenvalue weighted by molar-refractivity contribution is 9.10. The maximum absolute atomic E-state index is 12.3. The number of nitrogens with zero attached hydrogens (tertiary/aromatic N) is 1. The molecule has 1 aromatic heterocycles. The first kappa shape index (κ1) is 13.7. The number of carbonyl (C=O) groups is 1. The Labute approximate surface area is 121 Å². The summed E-state index contributed by atoms with van der Waals surface area (Å²) in [6, 6.07) is 7.66. The summed E-state index contributed by atoms with van der Waals surface area (Å²) in [5.74, 6) is 0.443. The van der Waals surface area contributed by atoms with Crippen molar-refractivity contribution in [2.75, 3.05) is 5.32 Å². The maximum atomic E-state index is 12.3. The van der Waals surface area contributed by atoms with Crippen molar-refractivity contribution >= 4 is 27.7 Å². The van der Waals surface area contributed by atoms with E-state index in [0.717, 1.165) is 21.2 Å². The molecule has 0 aliphatic rings. The third-order valence-corrected chi connectivity index (χ3v) is 3.83. The highest BCUT2D eigenvalue weighted by Gasteiger charge is 2.12. The van der Waals surface area contributed by atoms with Gasteiger partial charge in [0.05, 0.1) is 0 Å². The second kappa shape index (κ2) is 5.53. The standard InChI is InChI=1S/C15H15BrN2O/c1-9-5-4-6-10(2)14(9)15(19)18-13-7-11(3)12(16)8-17-13/h4-8H,1-3H3,(H,17,18,19). The van der Waals surface area contributed by atoms with Crippen molar-refractivity contribution in [3.8, 4) is 0 Å². The highest BCUT2D eigenvalue weighted by Crippen LogP contribution is 2.19. The number of hydrogen-bond donors (Lipinski definition) is 1. The van der Waals surface area contributed by atoms with E-state index >= 15 is 0 Å². The molecule has 0 aliphatic heterocycles. The van der Waals surface area contributed by atoms with E-state index in [4.69, 9.17) is 0 Å². The van der Waals surface area contributed by atoms with E-state index in [1.807, 2.05) is 45.0 Å². The third kappa shape index (κ3) is 3.01. The van der Waals surface area contributed by atoms with Crippen molar-refractivity contribution in [1.82, 2.24) is 4.98 Å². The Kier molecular flexibility index (Phi) is 4.00. The van der Waals surface area contributed by atoms with Crippen molar-refractivity contribution < 1.29 is 4.79 Å². The predicted molar refractivity (Wildman–Crippen MR) is 80.5 cm³/mol. The van der Waals surface area contributed by atoms with Gasteiger partial charge in [-0.25, -0.2) is 4.98 Å². The molecule has 0 fully saturated rings. The number of benzene rings is 1. The van der Waals surface area contributed by atoms with Gasteiger partial charge in [-0.1, -0.05) is 18.2 Å². The zero-order chi connectivity index (χ0) is 14.0. The number of pyridine rings is 1. The van der Waals surface area contributed by atoms with E-state index < -0.39 is 0 Å². The Morgan fingerprint density at radius 3 is 2.37 bits per heavy atom. The lowest BCUT2D eigenvalue weighted by molar-refractivity contribution is 0.102. The number of nitrogens with one attached hydrogen (secondary N) is 1. The zero-order valence-electron chi connectivity index (χ0n) is 11.1. The minimum atomic E-state index is -0.121. The molecule has 4 heteroatoms. The molecule has 0 radical (unpaired) electrons. The second-order valence-corrected chi connectivity index (χ2v) is 5.39. The molecule has 1 N–H and O–H groups in total. The SMILES string of the molecule is Cc1cc(NC(=O)c2c(C)cccc2C)ncc1Br.